The van der Waals surface area contributed by atoms with Crippen molar-refractivity contribution in [1.82, 2.24) is 0 Å². The normalized spacial score (nSPS) is 15.6. The largest absolute Gasteiger partial charge is 0.310 e. The summed E-state index contributed by atoms with van der Waals surface area (Å²) in [7, 11) is 0. The lowest BCUT2D eigenvalue weighted by Gasteiger charge is -2.33. The van der Waals surface area contributed by atoms with Gasteiger partial charge in [-0.15, -0.1) is 0 Å². The molecule has 0 fully saturated rings. The first kappa shape index (κ1) is 36.2. The number of fused-ring (bicyclic) bond motifs is 8. The summed E-state index contributed by atoms with van der Waals surface area (Å²) in [5, 5.41) is 2.61. The molecule has 0 saturated carbocycles. The molecule has 7 aromatic rings. The quantitative estimate of drug-likeness (QED) is 0.167. The summed E-state index contributed by atoms with van der Waals surface area (Å²) in [6.45, 7) is 18.7. The Bertz CT molecular complexity index is 2850. The third-order valence-electron chi connectivity index (χ3n) is 13.6. The van der Waals surface area contributed by atoms with E-state index < -0.39 is 0 Å². The van der Waals surface area contributed by atoms with Crippen molar-refractivity contribution in [2.24, 2.45) is 0 Å². The molecule has 0 unspecified atom stereocenters. The Morgan fingerprint density at radius 2 is 0.914 bits per heavy atom. The molecule has 10 rings (SSSR count). The van der Waals surface area contributed by atoms with Crippen LogP contribution in [-0.2, 0) is 10.8 Å². The molecule has 0 aliphatic heterocycles. The topological polar surface area (TPSA) is 6.48 Å². The maximum absolute atomic E-state index is 2.57. The highest BCUT2D eigenvalue weighted by molar-refractivity contribution is 6.10. The molecular weight excluding hydrogens is 701 g/mol. The smallest absolute Gasteiger partial charge is 0.0543 e. The van der Waals surface area contributed by atoms with Crippen molar-refractivity contribution in [2.75, 3.05) is 9.80 Å². The lowest BCUT2D eigenvalue weighted by Crippen LogP contribution is -2.21. The van der Waals surface area contributed by atoms with Crippen LogP contribution in [0.4, 0.5) is 28.4 Å². The van der Waals surface area contributed by atoms with Gasteiger partial charge in [-0.2, -0.15) is 0 Å². The van der Waals surface area contributed by atoms with Crippen LogP contribution in [0.5, 0.6) is 0 Å². The molecule has 7 aromatic carbocycles. The Morgan fingerprint density at radius 1 is 0.414 bits per heavy atom. The van der Waals surface area contributed by atoms with Gasteiger partial charge in [0.15, 0.2) is 0 Å². The summed E-state index contributed by atoms with van der Waals surface area (Å²) in [5.74, 6) is 0. The van der Waals surface area contributed by atoms with E-state index in [1.54, 1.807) is 0 Å². The van der Waals surface area contributed by atoms with E-state index in [4.69, 9.17) is 0 Å². The minimum Gasteiger partial charge on any atom is -0.310 e. The first-order valence-corrected chi connectivity index (χ1v) is 21.0. The Balaban J connectivity index is 1.15. The summed E-state index contributed by atoms with van der Waals surface area (Å²) >= 11 is 0. The van der Waals surface area contributed by atoms with Crippen molar-refractivity contribution in [1.29, 1.82) is 0 Å². The molecule has 3 aliphatic rings. The van der Waals surface area contributed by atoms with Crippen LogP contribution >= 0.6 is 0 Å². The SMILES string of the molecule is CC1=CCCC=C1N(c1ccccc1C)c1cc2c(c3ccccc13)-c1cc3c(cc1C2(C)C)-c1ccc(N(c2ccccc2C)c2ccccc2C)cc1C3(C)C. The molecule has 0 spiro atoms. The Kier molecular flexibility index (Phi) is 8.26. The molecule has 2 heteroatoms. The van der Waals surface area contributed by atoms with Crippen molar-refractivity contribution >= 4 is 39.2 Å². The van der Waals surface area contributed by atoms with Crippen LogP contribution < -0.4 is 9.80 Å². The minimum absolute atomic E-state index is 0.194. The predicted octanol–water partition coefficient (Wildman–Crippen LogP) is 15.6. The average Bonchev–Trinajstić information content (AvgIpc) is 3.58. The van der Waals surface area contributed by atoms with Crippen molar-refractivity contribution in [3.05, 3.63) is 196 Å². The minimum atomic E-state index is -0.207. The van der Waals surface area contributed by atoms with Crippen LogP contribution in [0.2, 0.25) is 0 Å². The zero-order valence-electron chi connectivity index (χ0n) is 35.2. The van der Waals surface area contributed by atoms with Crippen LogP contribution in [0.15, 0.2) is 157 Å². The third kappa shape index (κ3) is 5.31. The zero-order chi connectivity index (χ0) is 40.1. The predicted molar refractivity (Wildman–Crippen MR) is 248 cm³/mol. The summed E-state index contributed by atoms with van der Waals surface area (Å²) in [6, 6.07) is 50.4. The number of rotatable bonds is 6. The second-order valence-corrected chi connectivity index (χ2v) is 17.9. The summed E-state index contributed by atoms with van der Waals surface area (Å²) in [5.41, 5.74) is 23.2. The van der Waals surface area contributed by atoms with E-state index in [1.807, 2.05) is 0 Å². The standard InChI is InChI=1S/C56H52N2/c1-35-19-9-15-25-49(35)57(50-26-16-10-20-36(50)2)39-29-30-40-43-32-47-44(33-46(43)55(5,6)45(40)31-39)54-42-24-14-13-23-41(42)53(34-48(54)56(47,7)8)58(51-27-17-11-21-37(51)3)52-28-18-12-22-38(52)4/h9-11,13-17,19-34H,12,18H2,1-8H3. The summed E-state index contributed by atoms with van der Waals surface area (Å²) in [4.78, 5) is 5.00. The van der Waals surface area contributed by atoms with Gasteiger partial charge in [-0.3, -0.25) is 0 Å². The molecule has 286 valence electrons. The number of hydrogen-bond donors (Lipinski definition) is 0. The van der Waals surface area contributed by atoms with E-state index >= 15 is 0 Å². The van der Waals surface area contributed by atoms with Gasteiger partial charge in [-0.05, 0) is 161 Å². The molecule has 2 nitrogen and oxygen atoms in total. The Labute approximate surface area is 344 Å². The number of aryl methyl sites for hydroxylation is 3. The van der Waals surface area contributed by atoms with E-state index in [2.05, 4.69) is 211 Å². The highest BCUT2D eigenvalue weighted by Crippen LogP contribution is 2.59. The number of hydrogen-bond acceptors (Lipinski definition) is 2. The first-order valence-electron chi connectivity index (χ1n) is 21.0. The molecule has 0 heterocycles. The van der Waals surface area contributed by atoms with E-state index in [-0.39, 0.29) is 10.8 Å². The third-order valence-corrected chi connectivity index (χ3v) is 13.6. The van der Waals surface area contributed by atoms with Crippen molar-refractivity contribution in [3.63, 3.8) is 0 Å². The Hall–Kier alpha value is -6.12. The molecule has 0 amide bonds. The maximum atomic E-state index is 2.57. The highest BCUT2D eigenvalue weighted by Gasteiger charge is 2.43. The fourth-order valence-corrected chi connectivity index (χ4v) is 10.4. The van der Waals surface area contributed by atoms with Gasteiger partial charge in [-0.25, -0.2) is 0 Å². The molecule has 0 bridgehead atoms. The van der Waals surface area contributed by atoms with Gasteiger partial charge in [0.05, 0.1) is 5.69 Å². The molecule has 0 aromatic heterocycles. The van der Waals surface area contributed by atoms with Crippen LogP contribution in [0.1, 0.15) is 86.4 Å². The Morgan fingerprint density at radius 3 is 1.53 bits per heavy atom. The van der Waals surface area contributed by atoms with Crippen molar-refractivity contribution < 1.29 is 0 Å². The van der Waals surface area contributed by atoms with Gasteiger partial charge < -0.3 is 9.80 Å². The molecule has 0 saturated heterocycles. The number of allylic oxidation sites excluding steroid dienone is 3. The van der Waals surface area contributed by atoms with Crippen LogP contribution in [0.25, 0.3) is 33.0 Å². The van der Waals surface area contributed by atoms with Gasteiger partial charge in [0, 0.05) is 44.7 Å². The fourth-order valence-electron chi connectivity index (χ4n) is 10.4. The summed E-state index contributed by atoms with van der Waals surface area (Å²) < 4.78 is 0. The molecule has 0 atom stereocenters. The van der Waals surface area contributed by atoms with Gasteiger partial charge in [0.2, 0.25) is 0 Å². The molecule has 0 radical (unpaired) electrons. The van der Waals surface area contributed by atoms with Crippen LogP contribution in [0.3, 0.4) is 0 Å². The van der Waals surface area contributed by atoms with Crippen LogP contribution in [0, 0.1) is 20.8 Å². The zero-order valence-corrected chi connectivity index (χ0v) is 35.2. The van der Waals surface area contributed by atoms with Crippen LogP contribution in [-0.4, -0.2) is 0 Å². The monoisotopic (exact) mass is 752 g/mol. The number of nitrogens with zero attached hydrogens (tertiary/aromatic N) is 2. The second kappa shape index (κ2) is 13.2. The summed E-state index contributed by atoms with van der Waals surface area (Å²) in [6.07, 6.45) is 6.99. The number of anilines is 5. The second-order valence-electron chi connectivity index (χ2n) is 17.9. The van der Waals surface area contributed by atoms with Crippen molar-refractivity contribution in [3.8, 4) is 22.3 Å². The number of benzene rings is 7. The first-order chi connectivity index (χ1) is 28.0. The molecule has 58 heavy (non-hydrogen) atoms. The van der Waals surface area contributed by atoms with E-state index in [0.717, 1.165) is 12.8 Å². The van der Waals surface area contributed by atoms with Gasteiger partial charge in [0.1, 0.15) is 0 Å². The molecule has 0 N–H and O–H groups in total. The maximum Gasteiger partial charge on any atom is 0.0543 e. The number of para-hydroxylation sites is 3. The molecule has 3 aliphatic carbocycles. The lowest BCUT2D eigenvalue weighted by molar-refractivity contribution is 0.652. The van der Waals surface area contributed by atoms with Gasteiger partial charge >= 0.3 is 0 Å². The highest BCUT2D eigenvalue weighted by atomic mass is 15.2. The van der Waals surface area contributed by atoms with E-state index in [0.29, 0.717) is 0 Å². The van der Waals surface area contributed by atoms with Gasteiger partial charge in [0.25, 0.3) is 0 Å². The van der Waals surface area contributed by atoms with Gasteiger partial charge in [-0.1, -0.05) is 125 Å². The van der Waals surface area contributed by atoms with E-state index in [9.17, 15) is 0 Å². The average molecular weight is 753 g/mol. The molecular formula is C56H52N2. The van der Waals surface area contributed by atoms with Crippen molar-refractivity contribution in [2.45, 2.75) is 79.1 Å². The fraction of sp³-hybridized carbons (Fsp3) is 0.214. The lowest BCUT2D eigenvalue weighted by atomic mass is 9.79. The van der Waals surface area contributed by atoms with E-state index in [1.165, 1.54) is 112 Å².